The third-order valence-electron chi connectivity index (χ3n) is 4.20. The molecule has 0 radical (unpaired) electrons. The van der Waals surface area contributed by atoms with Crippen molar-refractivity contribution in [2.45, 2.75) is 39.3 Å². The zero-order chi connectivity index (χ0) is 17.5. The predicted molar refractivity (Wildman–Crippen MR) is 103 cm³/mol. The van der Waals surface area contributed by atoms with Gasteiger partial charge in [-0.25, -0.2) is 0 Å². The summed E-state index contributed by atoms with van der Waals surface area (Å²) in [5.41, 5.74) is 3.55. The van der Waals surface area contributed by atoms with E-state index >= 15 is 0 Å². The maximum Gasteiger partial charge on any atom is 0.134 e. The lowest BCUT2D eigenvalue weighted by atomic mass is 10.1. The van der Waals surface area contributed by atoms with Crippen LogP contribution in [0, 0.1) is 0 Å². The second kappa shape index (κ2) is 8.84. The molecule has 0 fully saturated rings. The third-order valence-corrected chi connectivity index (χ3v) is 4.20. The van der Waals surface area contributed by atoms with E-state index in [1.54, 1.807) is 0 Å². The average molecular weight is 337 g/mol. The average Bonchev–Trinajstić information content (AvgIpc) is 3.02. The summed E-state index contributed by atoms with van der Waals surface area (Å²) in [6.07, 6.45) is 2.22. The van der Waals surface area contributed by atoms with Crippen LogP contribution in [0.2, 0.25) is 0 Å². The maximum absolute atomic E-state index is 6.04. The Kier molecular flexibility index (Phi) is 6.26. The van der Waals surface area contributed by atoms with Crippen molar-refractivity contribution in [3.05, 3.63) is 71.5 Å². The molecule has 2 aromatic carbocycles. The summed E-state index contributed by atoms with van der Waals surface area (Å²) < 4.78 is 11.6. The molecule has 3 nitrogen and oxygen atoms in total. The zero-order valence-electron chi connectivity index (χ0n) is 15.1. The van der Waals surface area contributed by atoms with E-state index in [4.69, 9.17) is 9.15 Å². The van der Waals surface area contributed by atoms with Crippen molar-refractivity contribution in [1.82, 2.24) is 5.32 Å². The fourth-order valence-electron chi connectivity index (χ4n) is 2.88. The van der Waals surface area contributed by atoms with Crippen molar-refractivity contribution in [2.24, 2.45) is 0 Å². The molecule has 0 bridgehead atoms. The molecule has 0 aliphatic rings. The largest absolute Gasteiger partial charge is 0.461 e. The first-order valence-electron chi connectivity index (χ1n) is 9.08. The van der Waals surface area contributed by atoms with Crippen LogP contribution in [-0.2, 0) is 24.1 Å². The van der Waals surface area contributed by atoms with Gasteiger partial charge in [0.1, 0.15) is 11.3 Å². The van der Waals surface area contributed by atoms with Crippen LogP contribution in [0.25, 0.3) is 11.0 Å². The first-order valence-corrected chi connectivity index (χ1v) is 9.08. The highest BCUT2D eigenvalue weighted by molar-refractivity contribution is 5.78. The van der Waals surface area contributed by atoms with E-state index < -0.39 is 0 Å². The number of nitrogens with one attached hydrogen (secondary N) is 1. The van der Waals surface area contributed by atoms with E-state index in [0.717, 1.165) is 43.9 Å². The molecule has 3 aromatic rings. The Bertz CT molecular complexity index is 777. The van der Waals surface area contributed by atoms with Crippen molar-refractivity contribution < 1.29 is 9.15 Å². The quantitative estimate of drug-likeness (QED) is 0.573. The summed E-state index contributed by atoms with van der Waals surface area (Å²) in [5.74, 6) is 1.05. The first kappa shape index (κ1) is 17.7. The summed E-state index contributed by atoms with van der Waals surface area (Å²) in [5, 5.41) is 4.58. The molecule has 0 saturated carbocycles. The molecule has 0 unspecified atom stereocenters. The second-order valence-corrected chi connectivity index (χ2v) is 6.67. The van der Waals surface area contributed by atoms with E-state index in [0.29, 0.717) is 0 Å². The molecular formula is C22H27NO2. The highest BCUT2D eigenvalue weighted by Crippen LogP contribution is 2.22. The van der Waals surface area contributed by atoms with Crippen LogP contribution in [0.1, 0.15) is 30.7 Å². The Morgan fingerprint density at radius 1 is 0.960 bits per heavy atom. The molecule has 0 atom stereocenters. The van der Waals surface area contributed by atoms with Crippen LogP contribution in [0.3, 0.4) is 0 Å². The van der Waals surface area contributed by atoms with Gasteiger partial charge in [-0.3, -0.25) is 0 Å². The minimum Gasteiger partial charge on any atom is -0.461 e. The summed E-state index contributed by atoms with van der Waals surface area (Å²) >= 11 is 0. The Balaban J connectivity index is 1.54. The lowest BCUT2D eigenvalue weighted by Gasteiger charge is -2.08. The van der Waals surface area contributed by atoms with Gasteiger partial charge >= 0.3 is 0 Å². The number of aryl methyl sites for hydroxylation is 2. The van der Waals surface area contributed by atoms with Crippen LogP contribution < -0.4 is 5.32 Å². The number of rotatable bonds is 9. The topological polar surface area (TPSA) is 34.4 Å². The van der Waals surface area contributed by atoms with Gasteiger partial charge < -0.3 is 14.5 Å². The molecule has 1 heterocycles. The SMILES string of the molecule is CC(C)OCCNCc1ccc2cc(CCc3ccccc3)oc2c1. The van der Waals surface area contributed by atoms with E-state index in [9.17, 15) is 0 Å². The van der Waals surface area contributed by atoms with Crippen molar-refractivity contribution in [1.29, 1.82) is 0 Å². The van der Waals surface area contributed by atoms with Gasteiger partial charge in [-0.15, -0.1) is 0 Å². The predicted octanol–water partition coefficient (Wildman–Crippen LogP) is 4.73. The lowest BCUT2D eigenvalue weighted by Crippen LogP contribution is -2.20. The van der Waals surface area contributed by atoms with Gasteiger partial charge in [-0.1, -0.05) is 42.5 Å². The summed E-state index contributed by atoms with van der Waals surface area (Å²) in [4.78, 5) is 0. The fraction of sp³-hybridized carbons (Fsp3) is 0.364. The molecule has 1 aromatic heterocycles. The summed E-state index contributed by atoms with van der Waals surface area (Å²) in [6.45, 7) is 6.54. The van der Waals surface area contributed by atoms with Crippen LogP contribution in [0.15, 0.2) is 59.0 Å². The molecule has 0 saturated heterocycles. The third kappa shape index (κ3) is 5.45. The monoisotopic (exact) mass is 337 g/mol. The normalized spacial score (nSPS) is 11.5. The van der Waals surface area contributed by atoms with Gasteiger partial charge in [-0.2, -0.15) is 0 Å². The maximum atomic E-state index is 6.04. The van der Waals surface area contributed by atoms with Crippen LogP contribution >= 0.6 is 0 Å². The van der Waals surface area contributed by atoms with E-state index in [1.165, 1.54) is 16.5 Å². The second-order valence-electron chi connectivity index (χ2n) is 6.67. The number of ether oxygens (including phenoxy) is 1. The van der Waals surface area contributed by atoms with Gasteiger partial charge in [0.2, 0.25) is 0 Å². The molecule has 132 valence electrons. The molecule has 25 heavy (non-hydrogen) atoms. The van der Waals surface area contributed by atoms with Crippen molar-refractivity contribution in [2.75, 3.05) is 13.2 Å². The molecule has 0 spiro atoms. The molecular weight excluding hydrogens is 310 g/mol. The highest BCUT2D eigenvalue weighted by atomic mass is 16.5. The van der Waals surface area contributed by atoms with Crippen LogP contribution in [0.5, 0.6) is 0 Å². The van der Waals surface area contributed by atoms with E-state index in [1.807, 2.05) is 0 Å². The Hall–Kier alpha value is -2.10. The molecule has 1 N–H and O–H groups in total. The van der Waals surface area contributed by atoms with Gasteiger partial charge in [-0.05, 0) is 43.5 Å². The molecule has 3 heteroatoms. The fourth-order valence-corrected chi connectivity index (χ4v) is 2.88. The van der Waals surface area contributed by atoms with Gasteiger partial charge in [0.25, 0.3) is 0 Å². The standard InChI is InChI=1S/C22H27NO2/c1-17(2)24-13-12-23-16-19-8-10-20-15-21(25-22(20)14-19)11-9-18-6-4-3-5-7-18/h3-8,10,14-15,17,23H,9,11-13,16H2,1-2H3. The van der Waals surface area contributed by atoms with Crippen molar-refractivity contribution in [3.8, 4) is 0 Å². The minimum atomic E-state index is 0.288. The molecule has 0 aliphatic heterocycles. The number of benzene rings is 2. The zero-order valence-corrected chi connectivity index (χ0v) is 15.1. The van der Waals surface area contributed by atoms with Crippen molar-refractivity contribution in [3.63, 3.8) is 0 Å². The Morgan fingerprint density at radius 2 is 1.80 bits per heavy atom. The van der Waals surface area contributed by atoms with Gasteiger partial charge in [0.15, 0.2) is 0 Å². The first-order chi connectivity index (χ1) is 12.2. The van der Waals surface area contributed by atoms with Gasteiger partial charge in [0.05, 0.1) is 12.7 Å². The van der Waals surface area contributed by atoms with Crippen LogP contribution in [0.4, 0.5) is 0 Å². The molecule has 3 rings (SSSR count). The summed E-state index contributed by atoms with van der Waals surface area (Å²) in [6, 6.07) is 19.1. The van der Waals surface area contributed by atoms with Crippen molar-refractivity contribution >= 4 is 11.0 Å². The Labute approximate surface area is 150 Å². The van der Waals surface area contributed by atoms with E-state index in [2.05, 4.69) is 73.8 Å². The number of furan rings is 1. The molecule has 0 amide bonds. The Morgan fingerprint density at radius 3 is 2.60 bits per heavy atom. The van der Waals surface area contributed by atoms with Crippen LogP contribution in [-0.4, -0.2) is 19.3 Å². The lowest BCUT2D eigenvalue weighted by molar-refractivity contribution is 0.0807. The smallest absolute Gasteiger partial charge is 0.134 e. The number of hydrogen-bond acceptors (Lipinski definition) is 3. The number of fused-ring (bicyclic) bond motifs is 1. The molecule has 0 aliphatic carbocycles. The van der Waals surface area contributed by atoms with E-state index in [-0.39, 0.29) is 6.10 Å². The highest BCUT2D eigenvalue weighted by Gasteiger charge is 2.05. The minimum absolute atomic E-state index is 0.288. The number of hydrogen-bond donors (Lipinski definition) is 1. The van der Waals surface area contributed by atoms with Gasteiger partial charge in [0, 0.05) is 24.9 Å². The summed E-state index contributed by atoms with van der Waals surface area (Å²) in [7, 11) is 0.